The van der Waals surface area contributed by atoms with Crippen LogP contribution in [0.2, 0.25) is 0 Å². The Labute approximate surface area is 740 Å². The van der Waals surface area contributed by atoms with Gasteiger partial charge in [0.2, 0.25) is 6.29 Å². The molecule has 0 aromatic rings. The number of hydrogen-bond acceptors (Lipinski definition) is 45. The van der Waals surface area contributed by atoms with Crippen molar-refractivity contribution >= 4 is 24.2 Å². The number of hydrogen-bond donors (Lipinski definition) is 23. The molecule has 9 aliphatic heterocycles. The number of rotatable bonds is 23. The Morgan fingerprint density at radius 2 is 0.868 bits per heavy atom. The molecule has 9 saturated heterocycles. The molecule has 46 nitrogen and oxygen atoms in total. The maximum absolute atomic E-state index is 16.5. The Morgan fingerprint density at radius 3 is 1.39 bits per heavy atom. The summed E-state index contributed by atoms with van der Waals surface area (Å²) in [4.78, 5) is 57.8. The number of carbonyl (C=O) groups excluding carboxylic acids is 3. The van der Waals surface area contributed by atoms with Crippen molar-refractivity contribution in [3.8, 4) is 0 Å². The SMILES string of the molecule is CC(=O)OC1C(OC2OC(C)C(OC3OCC(O)C(OC4OCC(O)C(O)C4O)C3O)C(O)C2O)C(C)OC(OC(=O)C23CCC(C)(C)CC2C2=CCC4C5(C)CCC(OC6OC(C(=O)O)C(O)C(OC7OCC(O)C(O)C7O)C6OC6OC(CO)C(O)C(O)C6O)C(C)(C=O)C5CCC4(C)C2(C)CC3O)C1OC1OC(C)C(OC2OC(CO)C(O)C(O)C2O)C(O)C1O. The van der Waals surface area contributed by atoms with Crippen LogP contribution in [0.3, 0.4) is 0 Å². The highest BCUT2D eigenvalue weighted by Crippen LogP contribution is 2.76. The van der Waals surface area contributed by atoms with Gasteiger partial charge in [0.05, 0.1) is 69.0 Å². The van der Waals surface area contributed by atoms with Crippen LogP contribution in [0.5, 0.6) is 0 Å². The maximum Gasteiger partial charge on any atom is 0.335 e. The Balaban J connectivity index is 0.744. The highest BCUT2D eigenvalue weighted by atomic mass is 16.8. The molecule has 13 fully saturated rings. The number of fused-ring (bicyclic) bond motifs is 7. The van der Waals surface area contributed by atoms with Crippen LogP contribution in [0.15, 0.2) is 11.6 Å². The Bertz CT molecular complexity index is 3870. The van der Waals surface area contributed by atoms with E-state index in [1.807, 2.05) is 20.8 Å². The molecule has 0 radical (unpaired) electrons. The summed E-state index contributed by atoms with van der Waals surface area (Å²) in [6.45, 7) is 13.5. The highest BCUT2D eigenvalue weighted by molar-refractivity contribution is 5.80. The summed E-state index contributed by atoms with van der Waals surface area (Å²) in [5, 5.41) is 255. The molecular formula is C83H130O46. The fourth-order valence-electron chi connectivity index (χ4n) is 23.3. The number of carbonyl (C=O) groups is 4. The van der Waals surface area contributed by atoms with Gasteiger partial charge in [0.15, 0.2) is 68.6 Å². The fourth-order valence-corrected chi connectivity index (χ4v) is 23.3. The normalized spacial score (nSPS) is 54.2. The molecule has 23 N–H and O–H groups in total. The number of ether oxygens (including phenoxy) is 19. The van der Waals surface area contributed by atoms with Gasteiger partial charge in [0.25, 0.3) is 0 Å². The minimum absolute atomic E-state index is 0.00362. The fraction of sp³-hybridized carbons (Fsp3) is 0.928. The molecule has 129 heavy (non-hydrogen) atoms. The Morgan fingerprint density at radius 1 is 0.419 bits per heavy atom. The van der Waals surface area contributed by atoms with Crippen molar-refractivity contribution in [2.45, 2.75) is 397 Å². The predicted molar refractivity (Wildman–Crippen MR) is 416 cm³/mol. The molecule has 14 aliphatic rings. The summed E-state index contributed by atoms with van der Waals surface area (Å²) in [7, 11) is 0. The van der Waals surface area contributed by atoms with Crippen molar-refractivity contribution in [2.75, 3.05) is 33.0 Å². The minimum Gasteiger partial charge on any atom is -0.479 e. The van der Waals surface area contributed by atoms with Gasteiger partial charge in [-0.05, 0) is 118 Å². The third-order valence-corrected chi connectivity index (χ3v) is 30.9. The lowest BCUT2D eigenvalue weighted by atomic mass is 9.33. The van der Waals surface area contributed by atoms with Gasteiger partial charge in [-0.2, -0.15) is 0 Å². The quantitative estimate of drug-likeness (QED) is 0.0195. The second kappa shape index (κ2) is 38.9. The lowest BCUT2D eigenvalue weighted by Gasteiger charge is -2.71. The molecule has 0 spiro atoms. The first-order valence-electron chi connectivity index (χ1n) is 44.2. The maximum atomic E-state index is 16.5. The zero-order valence-corrected chi connectivity index (χ0v) is 72.9. The van der Waals surface area contributed by atoms with Gasteiger partial charge in [-0.25, -0.2) is 4.79 Å². The van der Waals surface area contributed by atoms with Crippen LogP contribution in [0, 0.1) is 50.2 Å². The number of aliphatic hydroxyl groups excluding tert-OH is 22. The van der Waals surface area contributed by atoms with Crippen LogP contribution in [-0.2, 0) is 109 Å². The lowest BCUT2D eigenvalue weighted by Crippen LogP contribution is -2.69. The van der Waals surface area contributed by atoms with Crippen LogP contribution in [0.1, 0.15) is 127 Å². The van der Waals surface area contributed by atoms with E-state index in [1.165, 1.54) is 20.8 Å². The number of esters is 2. The topological polar surface area (TPSA) is 709 Å². The summed E-state index contributed by atoms with van der Waals surface area (Å²) < 4.78 is 115. The van der Waals surface area contributed by atoms with E-state index in [9.17, 15) is 132 Å². The number of allylic oxidation sites excluding steroid dienone is 2. The zero-order chi connectivity index (χ0) is 94.2. The van der Waals surface area contributed by atoms with Crippen molar-refractivity contribution in [3.05, 3.63) is 11.6 Å². The summed E-state index contributed by atoms with van der Waals surface area (Å²) >= 11 is 0. The average Bonchev–Trinajstić information content (AvgIpc) is 0.668. The zero-order valence-electron chi connectivity index (χ0n) is 72.9. The first-order chi connectivity index (χ1) is 60.6. The van der Waals surface area contributed by atoms with Crippen molar-refractivity contribution < 1.29 is 227 Å². The van der Waals surface area contributed by atoms with Gasteiger partial charge in [-0.3, -0.25) is 9.59 Å². The molecule has 14 rings (SSSR count). The first kappa shape index (κ1) is 101. The van der Waals surface area contributed by atoms with Crippen LogP contribution in [0.25, 0.3) is 0 Å². The molecule has 52 atom stereocenters. The molecule has 738 valence electrons. The van der Waals surface area contributed by atoms with Crippen molar-refractivity contribution in [3.63, 3.8) is 0 Å². The van der Waals surface area contributed by atoms with E-state index < -0.39 is 366 Å². The molecule has 5 aliphatic carbocycles. The van der Waals surface area contributed by atoms with Gasteiger partial charge in [-0.1, -0.05) is 53.2 Å². The van der Waals surface area contributed by atoms with Crippen LogP contribution < -0.4 is 0 Å². The number of aliphatic hydroxyl groups is 22. The van der Waals surface area contributed by atoms with Crippen molar-refractivity contribution in [1.82, 2.24) is 0 Å². The van der Waals surface area contributed by atoms with E-state index in [4.69, 9.17) is 90.0 Å². The molecular weight excluding hydrogens is 1730 g/mol. The van der Waals surface area contributed by atoms with E-state index in [2.05, 4.69) is 19.9 Å². The summed E-state index contributed by atoms with van der Waals surface area (Å²) in [5.74, 6) is -5.58. The molecule has 0 amide bonds. The monoisotopic (exact) mass is 1860 g/mol. The van der Waals surface area contributed by atoms with Crippen molar-refractivity contribution in [1.29, 1.82) is 0 Å². The Kier molecular flexibility index (Phi) is 30.5. The van der Waals surface area contributed by atoms with Crippen LogP contribution in [-0.4, -0.2) is 445 Å². The Hall–Kier alpha value is -3.74. The van der Waals surface area contributed by atoms with E-state index in [-0.39, 0.29) is 31.6 Å². The predicted octanol–water partition coefficient (Wildman–Crippen LogP) is -9.10. The number of aldehydes is 1. The standard InChI is InChI=1S/C83H130O46/c1-27-58(121-70-57(107)61(35(90)25-113-70)124-68-50(100)42(92)33(88)23-111-68)48(98)54(104)71(114-27)123-60-29(3)116-75(66(64(60)117-30(4)87)128-72-55(105)49(99)59(28(2)115-72)122-73-52(102)46(96)44(94)36(21-84)118-73)129-77(110)83-18-17-78(5,6)19-32(83)31-11-12-39-79(7)15-14-41(80(8,26-86)38(79)13-16-81(39,9)82(31,10)20-40(83)91)120-76-65(127-74-53(103)47(97)45(95)37(22-85)119-74)62(56(106)63(126-76)67(108)109)125-69-51(101)43(93)34(89)24-112-69/h11,26-29,32-66,68-76,84-85,88-107H,12-25H2,1-10H3,(H,108,109). The molecule has 0 aromatic carbocycles. The molecule has 0 bridgehead atoms. The second-order valence-corrected chi connectivity index (χ2v) is 39.3. The molecule has 9 heterocycles. The third-order valence-electron chi connectivity index (χ3n) is 30.9. The molecule has 4 saturated carbocycles. The van der Waals surface area contributed by atoms with Crippen LogP contribution >= 0.6 is 0 Å². The van der Waals surface area contributed by atoms with Gasteiger partial charge in [-0.15, -0.1) is 0 Å². The summed E-state index contributed by atoms with van der Waals surface area (Å²) in [5.41, 5.74) is -5.62. The van der Waals surface area contributed by atoms with E-state index in [1.54, 1.807) is 6.92 Å². The third kappa shape index (κ3) is 18.2. The van der Waals surface area contributed by atoms with Crippen molar-refractivity contribution in [2.24, 2.45) is 50.2 Å². The lowest BCUT2D eigenvalue weighted by molar-refractivity contribution is -0.392. The van der Waals surface area contributed by atoms with Gasteiger partial charge >= 0.3 is 17.9 Å². The molecule has 52 unspecified atom stereocenters. The first-order valence-corrected chi connectivity index (χ1v) is 44.2. The summed E-state index contributed by atoms with van der Waals surface area (Å²) in [6.07, 6.45) is -76.4. The van der Waals surface area contributed by atoms with Gasteiger partial charge in [0.1, 0.15) is 177 Å². The number of aliphatic carboxylic acids is 1. The van der Waals surface area contributed by atoms with E-state index in [0.717, 1.165) is 18.8 Å². The second-order valence-electron chi connectivity index (χ2n) is 39.3. The number of carboxylic acid groups (broad SMARTS) is 1. The minimum atomic E-state index is -2.27. The largest absolute Gasteiger partial charge is 0.479 e. The van der Waals surface area contributed by atoms with Crippen LogP contribution in [0.4, 0.5) is 0 Å². The molecule has 0 aromatic heterocycles. The summed E-state index contributed by atoms with van der Waals surface area (Å²) in [6, 6.07) is 0. The molecule has 46 heteroatoms. The number of carboxylic acids is 1. The smallest absolute Gasteiger partial charge is 0.335 e. The van der Waals surface area contributed by atoms with E-state index in [0.29, 0.717) is 32.1 Å². The van der Waals surface area contributed by atoms with E-state index >= 15 is 4.79 Å². The average molecular weight is 1860 g/mol. The highest BCUT2D eigenvalue weighted by Gasteiger charge is 2.74. The van der Waals surface area contributed by atoms with Gasteiger partial charge < -0.3 is 212 Å². The van der Waals surface area contributed by atoms with Gasteiger partial charge in [0, 0.05) is 6.92 Å².